The largest absolute Gasteiger partial charge is 0.361 e. The van der Waals surface area contributed by atoms with Gasteiger partial charge in [0.2, 0.25) is 0 Å². The summed E-state index contributed by atoms with van der Waals surface area (Å²) >= 11 is 0. The number of H-pyrrole nitrogens is 1. The van der Waals surface area contributed by atoms with Crippen LogP contribution >= 0.6 is 0 Å². The first kappa shape index (κ1) is 28.2. The quantitative estimate of drug-likeness (QED) is 0.138. The van der Waals surface area contributed by atoms with E-state index in [-0.39, 0.29) is 0 Å². The van der Waals surface area contributed by atoms with Crippen molar-refractivity contribution in [2.45, 2.75) is 65.1 Å². The molecular formula is C31H41N5O. The highest BCUT2D eigenvalue weighted by atomic mass is 16.3. The van der Waals surface area contributed by atoms with Gasteiger partial charge in [-0.05, 0) is 79.3 Å². The highest BCUT2D eigenvalue weighted by molar-refractivity contribution is 5.82. The lowest BCUT2D eigenvalue weighted by Crippen LogP contribution is -2.30. The van der Waals surface area contributed by atoms with E-state index < -0.39 is 0 Å². The highest BCUT2D eigenvalue weighted by Crippen LogP contribution is 2.20. The number of nitroso groups, excluding NO2 is 1. The smallest absolute Gasteiger partial charge is 0.107 e. The third-order valence-corrected chi connectivity index (χ3v) is 6.52. The van der Waals surface area contributed by atoms with E-state index in [1.807, 2.05) is 24.5 Å². The van der Waals surface area contributed by atoms with E-state index in [0.29, 0.717) is 11.7 Å². The summed E-state index contributed by atoms with van der Waals surface area (Å²) in [5.41, 5.74) is 4.35. The molecule has 2 aromatic heterocycles. The molecule has 4 rings (SSSR count). The maximum absolute atomic E-state index is 9.76. The molecule has 6 nitrogen and oxygen atoms in total. The molecule has 0 saturated heterocycles. The maximum Gasteiger partial charge on any atom is 0.107 e. The maximum atomic E-state index is 9.76. The molecule has 0 amide bonds. The predicted octanol–water partition coefficient (Wildman–Crippen LogP) is 7.60. The summed E-state index contributed by atoms with van der Waals surface area (Å²) < 4.78 is 0. The fourth-order valence-corrected chi connectivity index (χ4v) is 4.52. The molecule has 0 radical (unpaired) electrons. The van der Waals surface area contributed by atoms with E-state index in [2.05, 4.69) is 75.7 Å². The Hall–Kier alpha value is -3.35. The number of benzene rings is 2. The zero-order valence-corrected chi connectivity index (χ0v) is 22.3. The second kappa shape index (κ2) is 16.4. The van der Waals surface area contributed by atoms with Crippen molar-refractivity contribution in [1.29, 1.82) is 0 Å². The molecule has 4 aromatic rings. The second-order valence-corrected chi connectivity index (χ2v) is 9.41. The summed E-state index contributed by atoms with van der Waals surface area (Å²) in [6, 6.07) is 22.2. The SMILES string of the molecule is CCCC(CC)NCCCCN(Cc1cccnc1)Cc1c[nH]c2ccccc12.O=Nc1ccccc1. The van der Waals surface area contributed by atoms with Crippen LogP contribution in [0.3, 0.4) is 0 Å². The van der Waals surface area contributed by atoms with Crippen LogP contribution in [0.5, 0.6) is 0 Å². The minimum absolute atomic E-state index is 0.479. The number of nitrogens with one attached hydrogen (secondary N) is 2. The van der Waals surface area contributed by atoms with Crippen molar-refractivity contribution < 1.29 is 0 Å². The first-order chi connectivity index (χ1) is 18.2. The molecule has 0 aliphatic carbocycles. The third-order valence-electron chi connectivity index (χ3n) is 6.52. The van der Waals surface area contributed by atoms with Crippen molar-refractivity contribution in [3.05, 3.63) is 101 Å². The standard InChI is InChI=1S/C25H36N4.C6H5NO/c1-3-10-23(4-2)27-15-7-8-16-29(19-21-11-9-14-26-17-21)20-22-18-28-25-13-6-5-12-24(22)25;8-7-6-4-2-1-3-5-6/h5-6,9,11-14,17-18,23,27-28H,3-4,7-8,10,15-16,19-20H2,1-2H3;1-5H. The van der Waals surface area contributed by atoms with E-state index in [9.17, 15) is 4.91 Å². The number of unbranched alkanes of at least 4 members (excludes halogenated alkanes) is 1. The summed E-state index contributed by atoms with van der Waals surface area (Å²) in [7, 11) is 0. The molecule has 0 fully saturated rings. The Morgan fingerprint density at radius 2 is 1.78 bits per heavy atom. The molecule has 0 saturated carbocycles. The van der Waals surface area contributed by atoms with Gasteiger partial charge in [-0.3, -0.25) is 9.88 Å². The Balaban J connectivity index is 0.000000405. The lowest BCUT2D eigenvalue weighted by Gasteiger charge is -2.23. The number of aromatic amines is 1. The van der Waals surface area contributed by atoms with Crippen LogP contribution in [-0.4, -0.2) is 34.0 Å². The van der Waals surface area contributed by atoms with Crippen LogP contribution in [-0.2, 0) is 13.1 Å². The lowest BCUT2D eigenvalue weighted by atomic mass is 10.1. The summed E-state index contributed by atoms with van der Waals surface area (Å²) in [6.45, 7) is 8.66. The number of aromatic nitrogens is 2. The molecule has 1 unspecified atom stereocenters. The van der Waals surface area contributed by atoms with E-state index >= 15 is 0 Å². The molecule has 0 spiro atoms. The molecular weight excluding hydrogens is 458 g/mol. The number of para-hydroxylation sites is 1. The zero-order chi connectivity index (χ0) is 26.1. The van der Waals surface area contributed by atoms with Crippen LogP contribution in [0, 0.1) is 4.91 Å². The fraction of sp³-hybridized carbons (Fsp3) is 0.387. The highest BCUT2D eigenvalue weighted by Gasteiger charge is 2.11. The second-order valence-electron chi connectivity index (χ2n) is 9.41. The van der Waals surface area contributed by atoms with E-state index in [0.717, 1.165) is 26.2 Å². The molecule has 0 aliphatic heterocycles. The molecule has 37 heavy (non-hydrogen) atoms. The van der Waals surface area contributed by atoms with Gasteiger partial charge in [0.15, 0.2) is 0 Å². The first-order valence-electron chi connectivity index (χ1n) is 13.5. The van der Waals surface area contributed by atoms with E-state index in [1.165, 1.54) is 54.1 Å². The van der Waals surface area contributed by atoms with Crippen molar-refractivity contribution in [1.82, 2.24) is 20.2 Å². The fourth-order valence-electron chi connectivity index (χ4n) is 4.52. The van der Waals surface area contributed by atoms with Gasteiger partial charge < -0.3 is 10.3 Å². The number of rotatable bonds is 14. The normalized spacial score (nSPS) is 11.8. The third kappa shape index (κ3) is 9.90. The van der Waals surface area contributed by atoms with Crippen molar-refractivity contribution >= 4 is 16.6 Å². The van der Waals surface area contributed by atoms with Gasteiger partial charge >= 0.3 is 0 Å². The molecule has 2 aromatic carbocycles. The van der Waals surface area contributed by atoms with Gasteiger partial charge in [-0.15, -0.1) is 4.91 Å². The Labute approximate surface area is 221 Å². The van der Waals surface area contributed by atoms with Gasteiger partial charge in [0.05, 0.1) is 0 Å². The predicted molar refractivity (Wildman–Crippen MR) is 155 cm³/mol. The Kier molecular flexibility index (Phi) is 12.5. The van der Waals surface area contributed by atoms with Crippen molar-refractivity contribution in [2.24, 2.45) is 5.18 Å². The minimum atomic E-state index is 0.479. The minimum Gasteiger partial charge on any atom is -0.361 e. The first-order valence-corrected chi connectivity index (χ1v) is 13.5. The van der Waals surface area contributed by atoms with Gasteiger partial charge in [-0.1, -0.05) is 62.7 Å². The van der Waals surface area contributed by atoms with Gasteiger partial charge in [-0.2, -0.15) is 0 Å². The molecule has 6 heteroatoms. The molecule has 196 valence electrons. The van der Waals surface area contributed by atoms with Crippen LogP contribution < -0.4 is 5.32 Å². The summed E-state index contributed by atoms with van der Waals surface area (Å²) in [6.07, 6.45) is 12.2. The summed E-state index contributed by atoms with van der Waals surface area (Å²) in [4.78, 5) is 20.0. The molecule has 0 bridgehead atoms. The van der Waals surface area contributed by atoms with Crippen LogP contribution in [0.15, 0.2) is 90.5 Å². The number of hydrogen-bond donors (Lipinski definition) is 2. The van der Waals surface area contributed by atoms with Crippen LogP contribution in [0.2, 0.25) is 0 Å². The summed E-state index contributed by atoms with van der Waals surface area (Å²) in [5.74, 6) is 0. The topological polar surface area (TPSA) is 73.4 Å². The van der Waals surface area contributed by atoms with Gasteiger partial charge in [0.25, 0.3) is 0 Å². The Morgan fingerprint density at radius 1 is 0.973 bits per heavy atom. The number of fused-ring (bicyclic) bond motifs is 1. The van der Waals surface area contributed by atoms with Crippen LogP contribution in [0.25, 0.3) is 10.9 Å². The number of hydrogen-bond acceptors (Lipinski definition) is 5. The van der Waals surface area contributed by atoms with E-state index in [1.54, 1.807) is 24.3 Å². The number of nitrogens with zero attached hydrogens (tertiary/aromatic N) is 3. The van der Waals surface area contributed by atoms with Crippen LogP contribution in [0.4, 0.5) is 5.69 Å². The molecule has 0 aliphatic rings. The average Bonchev–Trinajstić information content (AvgIpc) is 3.36. The Morgan fingerprint density at radius 3 is 2.49 bits per heavy atom. The van der Waals surface area contributed by atoms with E-state index in [4.69, 9.17) is 0 Å². The van der Waals surface area contributed by atoms with Crippen molar-refractivity contribution in [3.63, 3.8) is 0 Å². The number of pyridine rings is 1. The lowest BCUT2D eigenvalue weighted by molar-refractivity contribution is 0.250. The molecule has 2 heterocycles. The monoisotopic (exact) mass is 499 g/mol. The van der Waals surface area contributed by atoms with Gasteiger partial charge in [0.1, 0.15) is 5.69 Å². The van der Waals surface area contributed by atoms with Crippen molar-refractivity contribution in [2.75, 3.05) is 13.1 Å². The zero-order valence-electron chi connectivity index (χ0n) is 22.3. The molecule has 1 atom stereocenters. The van der Waals surface area contributed by atoms with Crippen LogP contribution in [0.1, 0.15) is 57.1 Å². The molecule has 2 N–H and O–H groups in total. The van der Waals surface area contributed by atoms with Gasteiger partial charge in [-0.25, -0.2) is 0 Å². The average molecular weight is 500 g/mol. The Bertz CT molecular complexity index is 1150. The van der Waals surface area contributed by atoms with Gasteiger partial charge in [0, 0.05) is 48.6 Å². The summed E-state index contributed by atoms with van der Waals surface area (Å²) in [5, 5.41) is 7.78. The van der Waals surface area contributed by atoms with Crippen molar-refractivity contribution in [3.8, 4) is 0 Å².